The average molecular weight is 321 g/mol. The van der Waals surface area contributed by atoms with Crippen molar-refractivity contribution < 1.29 is 14.1 Å². The Bertz CT molecular complexity index is 956. The summed E-state index contributed by atoms with van der Waals surface area (Å²) in [7, 11) is 0. The zero-order valence-electron chi connectivity index (χ0n) is 13.1. The Kier molecular flexibility index (Phi) is 2.45. The van der Waals surface area contributed by atoms with E-state index in [4.69, 9.17) is 4.52 Å². The SMILES string of the molecule is Cc1noc2c1[C@@]1(C(=O)Nc3ccccc31)C1=C(CCCC1=O)N2. The zero-order valence-corrected chi connectivity index (χ0v) is 13.1. The maximum Gasteiger partial charge on any atom is 0.244 e. The highest BCUT2D eigenvalue weighted by molar-refractivity contribution is 6.19. The van der Waals surface area contributed by atoms with E-state index in [1.165, 1.54) is 0 Å². The number of allylic oxidation sites excluding steroid dienone is 1. The van der Waals surface area contributed by atoms with Crippen molar-refractivity contribution >= 4 is 23.3 Å². The van der Waals surface area contributed by atoms with E-state index >= 15 is 0 Å². The lowest BCUT2D eigenvalue weighted by molar-refractivity contribution is -0.122. The van der Waals surface area contributed by atoms with Gasteiger partial charge in [-0.3, -0.25) is 9.59 Å². The molecule has 2 N–H and O–H groups in total. The molecule has 0 unspecified atom stereocenters. The van der Waals surface area contributed by atoms with Crippen LogP contribution in [0.3, 0.4) is 0 Å². The second-order valence-corrected chi connectivity index (χ2v) is 6.48. The molecule has 0 bridgehead atoms. The van der Waals surface area contributed by atoms with E-state index in [1.807, 2.05) is 24.3 Å². The number of aryl methyl sites for hydroxylation is 1. The standard InChI is InChI=1S/C18H15N3O3/c1-9-14-16(24-21-9)19-12-7-4-8-13(22)15(12)18(14)10-5-2-3-6-11(10)20-17(18)23/h2-3,5-6,19H,4,7-8H2,1H3,(H,20,23)/t18-/m1/s1. The van der Waals surface area contributed by atoms with Gasteiger partial charge >= 0.3 is 0 Å². The van der Waals surface area contributed by atoms with E-state index < -0.39 is 5.41 Å². The molecule has 5 rings (SSSR count). The Morgan fingerprint density at radius 2 is 2.00 bits per heavy atom. The number of fused-ring (bicyclic) bond motifs is 5. The monoisotopic (exact) mass is 321 g/mol. The predicted molar refractivity (Wildman–Crippen MR) is 86.6 cm³/mol. The quantitative estimate of drug-likeness (QED) is 0.779. The van der Waals surface area contributed by atoms with Crippen LogP contribution in [0.5, 0.6) is 0 Å². The molecule has 1 amide bonds. The largest absolute Gasteiger partial charge is 0.338 e. The van der Waals surface area contributed by atoms with Crippen LogP contribution in [0.25, 0.3) is 0 Å². The number of para-hydroxylation sites is 1. The first-order valence-electron chi connectivity index (χ1n) is 8.05. The molecule has 1 atom stereocenters. The Hall–Kier alpha value is -2.89. The number of Topliss-reactive ketones (excluding diaryl/α,β-unsaturated/α-hetero) is 1. The molecule has 1 aromatic carbocycles. The number of hydrogen-bond acceptors (Lipinski definition) is 5. The summed E-state index contributed by atoms with van der Waals surface area (Å²) in [4.78, 5) is 26.1. The Morgan fingerprint density at radius 3 is 2.88 bits per heavy atom. The molecule has 0 radical (unpaired) electrons. The molecule has 2 aliphatic heterocycles. The fourth-order valence-corrected chi connectivity index (χ4v) is 4.32. The third-order valence-electron chi connectivity index (χ3n) is 5.21. The molecule has 6 heteroatoms. The minimum atomic E-state index is -1.16. The molecule has 0 saturated carbocycles. The minimum Gasteiger partial charge on any atom is -0.338 e. The third-order valence-corrected chi connectivity index (χ3v) is 5.21. The molecular weight excluding hydrogens is 306 g/mol. The Labute approximate surface area is 137 Å². The number of nitrogens with zero attached hydrogens (tertiary/aromatic N) is 1. The highest BCUT2D eigenvalue weighted by atomic mass is 16.5. The molecule has 3 aliphatic rings. The second-order valence-electron chi connectivity index (χ2n) is 6.48. The normalized spacial score (nSPS) is 24.4. The van der Waals surface area contributed by atoms with Crippen molar-refractivity contribution in [3.8, 4) is 0 Å². The first kappa shape index (κ1) is 13.5. The van der Waals surface area contributed by atoms with Gasteiger partial charge < -0.3 is 15.2 Å². The molecule has 1 aliphatic carbocycles. The predicted octanol–water partition coefficient (Wildman–Crippen LogP) is 2.65. The van der Waals surface area contributed by atoms with E-state index in [-0.39, 0.29) is 11.7 Å². The lowest BCUT2D eigenvalue weighted by Gasteiger charge is -2.37. The van der Waals surface area contributed by atoms with Crippen LogP contribution >= 0.6 is 0 Å². The molecule has 6 nitrogen and oxygen atoms in total. The van der Waals surface area contributed by atoms with Gasteiger partial charge in [0.2, 0.25) is 11.8 Å². The summed E-state index contributed by atoms with van der Waals surface area (Å²) in [6.07, 6.45) is 1.95. The van der Waals surface area contributed by atoms with E-state index in [9.17, 15) is 9.59 Å². The van der Waals surface area contributed by atoms with Crippen molar-refractivity contribution in [2.45, 2.75) is 31.6 Å². The fraction of sp³-hybridized carbons (Fsp3) is 0.278. The Morgan fingerprint density at radius 1 is 1.17 bits per heavy atom. The van der Waals surface area contributed by atoms with Crippen LogP contribution in [0, 0.1) is 6.92 Å². The van der Waals surface area contributed by atoms with Gasteiger partial charge in [0.15, 0.2) is 5.78 Å². The van der Waals surface area contributed by atoms with Crippen LogP contribution < -0.4 is 10.6 Å². The topological polar surface area (TPSA) is 84.2 Å². The van der Waals surface area contributed by atoms with Crippen LogP contribution in [-0.4, -0.2) is 16.8 Å². The molecule has 120 valence electrons. The molecule has 1 spiro atoms. The van der Waals surface area contributed by atoms with Gasteiger partial charge in [-0.1, -0.05) is 23.4 Å². The minimum absolute atomic E-state index is 0.0156. The van der Waals surface area contributed by atoms with Gasteiger partial charge in [0.25, 0.3) is 0 Å². The van der Waals surface area contributed by atoms with Crippen molar-refractivity contribution in [3.05, 3.63) is 52.4 Å². The number of carbonyl (C=O) groups excluding carboxylic acids is 2. The van der Waals surface area contributed by atoms with Crippen molar-refractivity contribution in [1.29, 1.82) is 0 Å². The van der Waals surface area contributed by atoms with Crippen LogP contribution in [0.1, 0.15) is 36.1 Å². The van der Waals surface area contributed by atoms with Crippen LogP contribution in [0.4, 0.5) is 11.6 Å². The summed E-state index contributed by atoms with van der Waals surface area (Å²) in [5, 5.41) is 10.2. The summed E-state index contributed by atoms with van der Waals surface area (Å²) in [5.74, 6) is 0.273. The number of amides is 1. The van der Waals surface area contributed by atoms with Crippen molar-refractivity contribution in [2.75, 3.05) is 10.6 Å². The van der Waals surface area contributed by atoms with Gasteiger partial charge in [-0.25, -0.2) is 0 Å². The molecule has 3 heterocycles. The average Bonchev–Trinajstić information content (AvgIpc) is 3.07. The van der Waals surface area contributed by atoms with Crippen LogP contribution in [0.15, 0.2) is 40.1 Å². The molecule has 0 saturated heterocycles. The smallest absolute Gasteiger partial charge is 0.244 e. The lowest BCUT2D eigenvalue weighted by atomic mass is 9.64. The second kappa shape index (κ2) is 4.35. The van der Waals surface area contributed by atoms with Gasteiger partial charge in [0.1, 0.15) is 5.41 Å². The van der Waals surface area contributed by atoms with E-state index in [0.717, 1.165) is 29.8 Å². The first-order valence-corrected chi connectivity index (χ1v) is 8.05. The summed E-state index contributed by atoms with van der Waals surface area (Å²) in [6, 6.07) is 7.53. The summed E-state index contributed by atoms with van der Waals surface area (Å²) in [5.41, 5.74) is 2.98. The molecular formula is C18H15N3O3. The number of nitrogens with one attached hydrogen (secondary N) is 2. The van der Waals surface area contributed by atoms with Gasteiger partial charge in [0.05, 0.1) is 11.3 Å². The van der Waals surface area contributed by atoms with Crippen molar-refractivity contribution in [1.82, 2.24) is 5.16 Å². The lowest BCUT2D eigenvalue weighted by Crippen LogP contribution is -2.45. The summed E-state index contributed by atoms with van der Waals surface area (Å²) < 4.78 is 5.43. The van der Waals surface area contributed by atoms with Crippen LogP contribution in [0.2, 0.25) is 0 Å². The molecule has 0 fully saturated rings. The van der Waals surface area contributed by atoms with E-state index in [1.54, 1.807) is 6.92 Å². The van der Waals surface area contributed by atoms with Gasteiger partial charge in [-0.2, -0.15) is 0 Å². The number of hydrogen-bond donors (Lipinski definition) is 2. The Balaban J connectivity index is 1.94. The first-order chi connectivity index (χ1) is 11.6. The van der Waals surface area contributed by atoms with Crippen molar-refractivity contribution in [2.24, 2.45) is 0 Å². The summed E-state index contributed by atoms with van der Waals surface area (Å²) in [6.45, 7) is 1.80. The molecule has 2 aromatic rings. The molecule has 24 heavy (non-hydrogen) atoms. The molecule has 1 aromatic heterocycles. The van der Waals surface area contributed by atoms with E-state index in [0.29, 0.717) is 29.1 Å². The summed E-state index contributed by atoms with van der Waals surface area (Å²) >= 11 is 0. The number of aromatic nitrogens is 1. The third kappa shape index (κ3) is 1.39. The van der Waals surface area contributed by atoms with Crippen molar-refractivity contribution in [3.63, 3.8) is 0 Å². The maximum absolute atomic E-state index is 13.2. The number of benzene rings is 1. The maximum atomic E-state index is 13.2. The van der Waals surface area contributed by atoms with Gasteiger partial charge in [-0.15, -0.1) is 0 Å². The van der Waals surface area contributed by atoms with Gasteiger partial charge in [0, 0.05) is 28.9 Å². The number of carbonyl (C=O) groups is 2. The van der Waals surface area contributed by atoms with E-state index in [2.05, 4.69) is 15.8 Å². The van der Waals surface area contributed by atoms with Crippen LogP contribution in [-0.2, 0) is 15.0 Å². The number of ketones is 1. The zero-order chi connectivity index (χ0) is 16.5. The number of anilines is 2. The highest BCUT2D eigenvalue weighted by Crippen LogP contribution is 2.55. The highest BCUT2D eigenvalue weighted by Gasteiger charge is 2.59. The fourth-order valence-electron chi connectivity index (χ4n) is 4.32. The number of rotatable bonds is 0. The van der Waals surface area contributed by atoms with Gasteiger partial charge in [-0.05, 0) is 25.8 Å².